The average Bonchev–Trinajstić information content (AvgIpc) is 2.70. The number of carbonyl (C=O) groups is 1. The van der Waals surface area contributed by atoms with Crippen LogP contribution in [-0.4, -0.2) is 30.6 Å². The zero-order chi connectivity index (χ0) is 14.0. The summed E-state index contributed by atoms with van der Waals surface area (Å²) in [7, 11) is 0. The second kappa shape index (κ2) is 5.18. The van der Waals surface area contributed by atoms with E-state index in [2.05, 4.69) is 0 Å². The molecule has 0 unspecified atom stereocenters. The van der Waals surface area contributed by atoms with Crippen LogP contribution in [0.3, 0.4) is 0 Å². The molecular formula is C12H14F3N3O. The Morgan fingerprint density at radius 1 is 1.26 bits per heavy atom. The molecule has 1 heterocycles. The van der Waals surface area contributed by atoms with Gasteiger partial charge in [-0.3, -0.25) is 4.79 Å². The van der Waals surface area contributed by atoms with Crippen LogP contribution in [0.4, 0.5) is 18.9 Å². The van der Waals surface area contributed by atoms with Gasteiger partial charge in [0.2, 0.25) is 5.91 Å². The van der Waals surface area contributed by atoms with Crippen LogP contribution in [0.1, 0.15) is 12.0 Å². The van der Waals surface area contributed by atoms with Crippen molar-refractivity contribution >= 4 is 11.6 Å². The third-order valence-electron chi connectivity index (χ3n) is 2.93. The summed E-state index contributed by atoms with van der Waals surface area (Å²) in [4.78, 5) is 11.8. The van der Waals surface area contributed by atoms with Crippen molar-refractivity contribution in [3.8, 4) is 0 Å². The highest BCUT2D eigenvalue weighted by Crippen LogP contribution is 2.38. The fourth-order valence-electron chi connectivity index (χ4n) is 2.13. The van der Waals surface area contributed by atoms with Gasteiger partial charge in [-0.2, -0.15) is 13.2 Å². The minimum absolute atomic E-state index is 0.133. The van der Waals surface area contributed by atoms with Crippen molar-refractivity contribution in [3.05, 3.63) is 29.8 Å². The van der Waals surface area contributed by atoms with E-state index in [-0.39, 0.29) is 24.6 Å². The number of alkyl halides is 3. The van der Waals surface area contributed by atoms with Crippen molar-refractivity contribution in [2.24, 2.45) is 5.73 Å². The minimum atomic E-state index is -4.49. The van der Waals surface area contributed by atoms with Gasteiger partial charge < -0.3 is 5.73 Å². The molecule has 4 nitrogen and oxygen atoms in total. The summed E-state index contributed by atoms with van der Waals surface area (Å²) in [6.45, 7) is 1.01. The van der Waals surface area contributed by atoms with Gasteiger partial charge in [0.25, 0.3) is 0 Å². The van der Waals surface area contributed by atoms with E-state index in [0.717, 1.165) is 11.1 Å². The molecule has 1 aliphatic rings. The fourth-order valence-corrected chi connectivity index (χ4v) is 2.13. The summed E-state index contributed by atoms with van der Waals surface area (Å²) in [6, 6.07) is 5.06. The lowest BCUT2D eigenvalue weighted by Crippen LogP contribution is -2.42. The van der Waals surface area contributed by atoms with Crippen molar-refractivity contribution in [2.45, 2.75) is 12.6 Å². The minimum Gasteiger partial charge on any atom is -0.329 e. The lowest BCUT2D eigenvalue weighted by atomic mass is 10.1. The molecule has 1 saturated heterocycles. The molecule has 0 atom stereocenters. The van der Waals surface area contributed by atoms with Gasteiger partial charge in [-0.05, 0) is 12.1 Å². The third kappa shape index (κ3) is 2.71. The average molecular weight is 273 g/mol. The molecular weight excluding hydrogens is 259 g/mol. The first kappa shape index (κ1) is 13.8. The molecule has 7 heteroatoms. The number of para-hydroxylation sites is 1. The summed E-state index contributed by atoms with van der Waals surface area (Å²) in [5, 5.41) is 2.64. The van der Waals surface area contributed by atoms with Gasteiger partial charge in [0.05, 0.1) is 11.3 Å². The van der Waals surface area contributed by atoms with Gasteiger partial charge in [0, 0.05) is 26.1 Å². The molecule has 1 aromatic carbocycles. The van der Waals surface area contributed by atoms with E-state index in [0.29, 0.717) is 13.1 Å². The van der Waals surface area contributed by atoms with Crippen molar-refractivity contribution in [2.75, 3.05) is 24.6 Å². The SMILES string of the molecule is NCCN1CCC(=O)N1c1ccccc1C(F)(F)F. The van der Waals surface area contributed by atoms with Crippen LogP contribution in [0.25, 0.3) is 0 Å². The first-order valence-corrected chi connectivity index (χ1v) is 5.89. The van der Waals surface area contributed by atoms with E-state index < -0.39 is 11.7 Å². The van der Waals surface area contributed by atoms with E-state index in [9.17, 15) is 18.0 Å². The first-order valence-electron chi connectivity index (χ1n) is 5.89. The Balaban J connectivity index is 2.42. The predicted octanol–water partition coefficient (Wildman–Crippen LogP) is 1.62. The number of anilines is 1. The van der Waals surface area contributed by atoms with E-state index in [1.807, 2.05) is 0 Å². The number of rotatable bonds is 3. The molecule has 0 radical (unpaired) electrons. The van der Waals surface area contributed by atoms with Crippen molar-refractivity contribution in [1.82, 2.24) is 5.01 Å². The van der Waals surface area contributed by atoms with Crippen LogP contribution >= 0.6 is 0 Å². The quantitative estimate of drug-likeness (QED) is 0.910. The van der Waals surface area contributed by atoms with Crippen LogP contribution in [0.5, 0.6) is 0 Å². The molecule has 2 N–H and O–H groups in total. The van der Waals surface area contributed by atoms with Gasteiger partial charge in [0.15, 0.2) is 0 Å². The van der Waals surface area contributed by atoms with E-state index in [1.165, 1.54) is 18.2 Å². The topological polar surface area (TPSA) is 49.6 Å². The first-order chi connectivity index (χ1) is 8.95. The molecule has 0 saturated carbocycles. The van der Waals surface area contributed by atoms with Crippen LogP contribution < -0.4 is 10.7 Å². The molecule has 104 valence electrons. The highest BCUT2D eigenvalue weighted by molar-refractivity contribution is 5.95. The van der Waals surface area contributed by atoms with Gasteiger partial charge >= 0.3 is 6.18 Å². The second-order valence-electron chi connectivity index (χ2n) is 4.21. The smallest absolute Gasteiger partial charge is 0.329 e. The Bertz CT molecular complexity index is 476. The van der Waals surface area contributed by atoms with Gasteiger partial charge in [-0.15, -0.1) is 0 Å². The molecule has 19 heavy (non-hydrogen) atoms. The molecule has 0 bridgehead atoms. The Kier molecular flexibility index (Phi) is 3.77. The molecule has 0 aliphatic carbocycles. The van der Waals surface area contributed by atoms with Gasteiger partial charge in [-0.25, -0.2) is 10.0 Å². The Hall–Kier alpha value is -1.60. The zero-order valence-electron chi connectivity index (χ0n) is 10.2. The van der Waals surface area contributed by atoms with E-state index in [4.69, 9.17) is 5.73 Å². The predicted molar refractivity (Wildman–Crippen MR) is 64.2 cm³/mol. The largest absolute Gasteiger partial charge is 0.418 e. The van der Waals surface area contributed by atoms with E-state index >= 15 is 0 Å². The van der Waals surface area contributed by atoms with E-state index in [1.54, 1.807) is 5.01 Å². The number of carbonyl (C=O) groups excluding carboxylic acids is 1. The Labute approximate surface area is 108 Å². The molecule has 1 fully saturated rings. The standard InChI is InChI=1S/C12H14F3N3O/c13-12(14,15)9-3-1-2-4-10(9)18-11(19)5-7-17(18)8-6-16/h1-4H,5-8,16H2. The number of nitrogens with two attached hydrogens (primary N) is 1. The maximum atomic E-state index is 13.0. The Morgan fingerprint density at radius 3 is 2.58 bits per heavy atom. The molecule has 1 aromatic rings. The zero-order valence-corrected chi connectivity index (χ0v) is 10.2. The lowest BCUT2D eigenvalue weighted by Gasteiger charge is -2.29. The highest BCUT2D eigenvalue weighted by atomic mass is 19.4. The third-order valence-corrected chi connectivity index (χ3v) is 2.93. The maximum Gasteiger partial charge on any atom is 0.418 e. The van der Waals surface area contributed by atoms with Crippen LogP contribution in [0, 0.1) is 0 Å². The van der Waals surface area contributed by atoms with Crippen LogP contribution in [0.2, 0.25) is 0 Å². The monoisotopic (exact) mass is 273 g/mol. The summed E-state index contributed by atoms with van der Waals surface area (Å²) >= 11 is 0. The summed E-state index contributed by atoms with van der Waals surface area (Å²) < 4.78 is 38.9. The number of nitrogens with zero attached hydrogens (tertiary/aromatic N) is 2. The summed E-state index contributed by atoms with van der Waals surface area (Å²) in [5.74, 6) is -0.342. The molecule has 1 amide bonds. The number of halogens is 3. The number of hydrogen-bond acceptors (Lipinski definition) is 3. The number of amides is 1. The highest BCUT2D eigenvalue weighted by Gasteiger charge is 2.39. The van der Waals surface area contributed by atoms with Crippen molar-refractivity contribution in [1.29, 1.82) is 0 Å². The van der Waals surface area contributed by atoms with Crippen LogP contribution in [0.15, 0.2) is 24.3 Å². The number of hydrazine groups is 1. The lowest BCUT2D eigenvalue weighted by molar-refractivity contribution is -0.137. The van der Waals surface area contributed by atoms with Gasteiger partial charge in [-0.1, -0.05) is 12.1 Å². The summed E-state index contributed by atoms with van der Waals surface area (Å²) in [6.07, 6.45) is -4.29. The fraction of sp³-hybridized carbons (Fsp3) is 0.417. The molecule has 2 rings (SSSR count). The summed E-state index contributed by atoms with van der Waals surface area (Å²) in [5.41, 5.74) is 4.47. The van der Waals surface area contributed by atoms with Crippen LogP contribution in [-0.2, 0) is 11.0 Å². The normalized spacial score (nSPS) is 17.3. The number of hydrogen-bond donors (Lipinski definition) is 1. The number of benzene rings is 1. The molecule has 1 aliphatic heterocycles. The molecule has 0 spiro atoms. The Morgan fingerprint density at radius 2 is 1.95 bits per heavy atom. The van der Waals surface area contributed by atoms with Gasteiger partial charge in [0.1, 0.15) is 0 Å². The van der Waals surface area contributed by atoms with Crippen molar-refractivity contribution in [3.63, 3.8) is 0 Å². The second-order valence-corrected chi connectivity index (χ2v) is 4.21. The molecule has 0 aromatic heterocycles. The van der Waals surface area contributed by atoms with Crippen molar-refractivity contribution < 1.29 is 18.0 Å². The maximum absolute atomic E-state index is 13.0.